The fraction of sp³-hybridized carbons (Fsp3) is 0.769. The van der Waals surface area contributed by atoms with E-state index >= 15 is 0 Å². The zero-order valence-electron chi connectivity index (χ0n) is 13.7. The fourth-order valence-corrected chi connectivity index (χ4v) is 3.74. The minimum absolute atomic E-state index is 0.0669. The van der Waals surface area contributed by atoms with Gasteiger partial charge in [-0.1, -0.05) is 12.0 Å². The lowest BCUT2D eigenvalue weighted by Gasteiger charge is -2.29. The number of amides is 2. The lowest BCUT2D eigenvalue weighted by atomic mass is 10.1. The molecule has 0 bridgehead atoms. The minimum Gasteiger partial charge on any atom is -0.481 e. The number of carboxylic acids is 1. The highest BCUT2D eigenvalue weighted by molar-refractivity contribution is 7.45. The van der Waals surface area contributed by atoms with E-state index in [9.17, 15) is 18.9 Å². The first-order chi connectivity index (χ1) is 11.2. The van der Waals surface area contributed by atoms with Gasteiger partial charge in [0.2, 0.25) is 5.91 Å². The Morgan fingerprint density at radius 2 is 2.17 bits per heavy atom. The SMILES string of the molecule is CCCNC(=O)C(CCC(=O)O)N[P+](=O)[C@@]1(N)CCCN(N)C1=O. The molecule has 1 rings (SSSR count). The van der Waals surface area contributed by atoms with Gasteiger partial charge in [-0.3, -0.25) is 25.1 Å². The molecule has 10 nitrogen and oxygen atoms in total. The maximum atomic E-state index is 12.6. The van der Waals surface area contributed by atoms with Gasteiger partial charge in [-0.15, -0.1) is 0 Å². The van der Waals surface area contributed by atoms with Gasteiger partial charge in [-0.2, -0.15) is 0 Å². The minimum atomic E-state index is -2.51. The summed E-state index contributed by atoms with van der Waals surface area (Å²) in [5, 5.41) is 13.2. The van der Waals surface area contributed by atoms with Gasteiger partial charge in [0.15, 0.2) is 0 Å². The van der Waals surface area contributed by atoms with Crippen molar-refractivity contribution in [2.45, 2.75) is 50.3 Å². The Morgan fingerprint density at radius 1 is 1.50 bits per heavy atom. The van der Waals surface area contributed by atoms with Gasteiger partial charge < -0.3 is 10.4 Å². The Labute approximate surface area is 141 Å². The first kappa shape index (κ1) is 20.4. The Hall–Kier alpha value is -1.61. The van der Waals surface area contributed by atoms with Crippen LogP contribution in [0.4, 0.5) is 0 Å². The molecular formula is C13H25N5O5P+. The molecule has 1 aliphatic rings. The molecule has 1 saturated heterocycles. The van der Waals surface area contributed by atoms with E-state index in [-0.39, 0.29) is 19.3 Å². The zero-order chi connectivity index (χ0) is 18.3. The van der Waals surface area contributed by atoms with Crippen molar-refractivity contribution in [3.05, 3.63) is 0 Å². The molecule has 0 aliphatic carbocycles. The lowest BCUT2D eigenvalue weighted by molar-refractivity contribution is -0.138. The fourth-order valence-electron chi connectivity index (χ4n) is 2.31. The van der Waals surface area contributed by atoms with Crippen molar-refractivity contribution in [2.75, 3.05) is 13.1 Å². The summed E-state index contributed by atoms with van der Waals surface area (Å²) in [5.74, 6) is 3.32. The van der Waals surface area contributed by atoms with Crippen molar-refractivity contribution < 1.29 is 24.1 Å². The van der Waals surface area contributed by atoms with Crippen LogP contribution in [0.2, 0.25) is 0 Å². The summed E-state index contributed by atoms with van der Waals surface area (Å²) in [6.07, 6.45) is 1.01. The standard InChI is InChI=1S/C13H24N5O5P/c1-2-7-16-11(21)9(4-5-10(19)20)17-24(23)13(14)6-3-8-18(15)12(13)22/h9H,2-8,14-15H2,1H3,(H2-,16,17,19,20,21,23)/p+1/t9?,13-/m0/s1. The second kappa shape index (κ2) is 9.03. The van der Waals surface area contributed by atoms with Gasteiger partial charge in [-0.25, -0.2) is 5.84 Å². The van der Waals surface area contributed by atoms with E-state index in [4.69, 9.17) is 16.7 Å². The smallest absolute Gasteiger partial charge is 0.465 e. The molecule has 136 valence electrons. The maximum Gasteiger partial charge on any atom is 0.465 e. The van der Waals surface area contributed by atoms with Gasteiger partial charge in [0.25, 0.3) is 0 Å². The van der Waals surface area contributed by atoms with Crippen molar-refractivity contribution in [3.63, 3.8) is 0 Å². The average molecular weight is 362 g/mol. The van der Waals surface area contributed by atoms with E-state index in [0.717, 1.165) is 5.01 Å². The van der Waals surface area contributed by atoms with Crippen LogP contribution in [0.5, 0.6) is 0 Å². The Bertz CT molecular complexity index is 517. The normalized spacial score (nSPS) is 22.9. The summed E-state index contributed by atoms with van der Waals surface area (Å²) in [6.45, 7) is 2.59. The third kappa shape index (κ3) is 5.20. The van der Waals surface area contributed by atoms with Gasteiger partial charge in [0.05, 0.1) is 0 Å². The van der Waals surface area contributed by atoms with Crippen LogP contribution in [0.3, 0.4) is 0 Å². The van der Waals surface area contributed by atoms with E-state index < -0.39 is 37.1 Å². The van der Waals surface area contributed by atoms with Crippen molar-refractivity contribution >= 4 is 25.7 Å². The number of hydrazine groups is 1. The van der Waals surface area contributed by atoms with Crippen LogP contribution in [-0.4, -0.2) is 52.3 Å². The molecule has 3 atom stereocenters. The second-order valence-corrected chi connectivity index (χ2v) is 7.37. The molecule has 11 heteroatoms. The quantitative estimate of drug-likeness (QED) is 0.202. The first-order valence-corrected chi connectivity index (χ1v) is 9.07. The third-order valence-electron chi connectivity index (χ3n) is 3.74. The van der Waals surface area contributed by atoms with Crippen LogP contribution in [-0.2, 0) is 18.9 Å². The number of carboxylic acid groups (broad SMARTS) is 1. The Morgan fingerprint density at radius 3 is 2.75 bits per heavy atom. The molecule has 0 aromatic heterocycles. The van der Waals surface area contributed by atoms with E-state index in [1.165, 1.54) is 0 Å². The van der Waals surface area contributed by atoms with Gasteiger partial charge >= 0.3 is 25.1 Å². The van der Waals surface area contributed by atoms with Crippen molar-refractivity contribution in [1.29, 1.82) is 0 Å². The Kier molecular flexibility index (Phi) is 7.68. The number of hydrogen-bond donors (Lipinski definition) is 5. The molecule has 0 radical (unpaired) electrons. The predicted molar refractivity (Wildman–Crippen MR) is 86.8 cm³/mol. The van der Waals surface area contributed by atoms with E-state index in [1.54, 1.807) is 0 Å². The molecule has 7 N–H and O–H groups in total. The molecule has 1 heterocycles. The lowest BCUT2D eigenvalue weighted by Crippen LogP contribution is -2.60. The van der Waals surface area contributed by atoms with Crippen LogP contribution < -0.4 is 22.0 Å². The number of aliphatic carboxylic acids is 1. The Balaban J connectivity index is 2.83. The summed E-state index contributed by atoms with van der Waals surface area (Å²) < 4.78 is 12.6. The summed E-state index contributed by atoms with van der Waals surface area (Å²) in [5.41, 5.74) is 5.98. The summed E-state index contributed by atoms with van der Waals surface area (Å²) in [4.78, 5) is 35.0. The molecule has 0 aromatic rings. The van der Waals surface area contributed by atoms with Crippen LogP contribution in [0.1, 0.15) is 39.0 Å². The number of carbonyl (C=O) groups excluding carboxylic acids is 2. The zero-order valence-corrected chi connectivity index (χ0v) is 14.6. The summed E-state index contributed by atoms with van der Waals surface area (Å²) in [7, 11) is -2.51. The largest absolute Gasteiger partial charge is 0.481 e. The van der Waals surface area contributed by atoms with Crippen LogP contribution >= 0.6 is 7.95 Å². The second-order valence-electron chi connectivity index (χ2n) is 5.73. The van der Waals surface area contributed by atoms with Crippen molar-refractivity contribution in [2.24, 2.45) is 11.6 Å². The predicted octanol–water partition coefficient (Wildman–Crippen LogP) is -0.771. The number of nitrogens with one attached hydrogen (secondary N) is 2. The maximum absolute atomic E-state index is 12.6. The summed E-state index contributed by atoms with van der Waals surface area (Å²) >= 11 is 0. The highest BCUT2D eigenvalue weighted by Gasteiger charge is 2.57. The number of nitrogens with two attached hydrogens (primary N) is 2. The molecule has 24 heavy (non-hydrogen) atoms. The summed E-state index contributed by atoms with van der Waals surface area (Å²) in [6, 6.07) is -1.02. The van der Waals surface area contributed by atoms with Gasteiger partial charge in [0, 0.05) is 25.9 Å². The highest BCUT2D eigenvalue weighted by atomic mass is 31.1. The number of hydrogen-bond acceptors (Lipinski definition) is 6. The molecule has 0 saturated carbocycles. The number of rotatable bonds is 9. The van der Waals surface area contributed by atoms with Crippen LogP contribution in [0.15, 0.2) is 0 Å². The van der Waals surface area contributed by atoms with Gasteiger partial charge in [-0.05, 0) is 23.8 Å². The molecule has 1 fully saturated rings. The van der Waals surface area contributed by atoms with E-state index in [1.807, 2.05) is 6.92 Å². The van der Waals surface area contributed by atoms with Gasteiger partial charge in [0.1, 0.15) is 6.04 Å². The number of carbonyl (C=O) groups is 3. The molecule has 2 unspecified atom stereocenters. The van der Waals surface area contributed by atoms with Crippen molar-refractivity contribution in [1.82, 2.24) is 15.4 Å². The van der Waals surface area contributed by atoms with E-state index in [0.29, 0.717) is 25.9 Å². The van der Waals surface area contributed by atoms with E-state index in [2.05, 4.69) is 10.4 Å². The average Bonchev–Trinajstić information content (AvgIpc) is 2.53. The first-order valence-electron chi connectivity index (χ1n) is 7.81. The topological polar surface area (TPSA) is 168 Å². The van der Waals surface area contributed by atoms with Crippen molar-refractivity contribution in [3.8, 4) is 0 Å². The number of piperidine rings is 1. The molecular weight excluding hydrogens is 337 g/mol. The molecule has 0 aromatic carbocycles. The van der Waals surface area contributed by atoms with Crippen LogP contribution in [0, 0.1) is 0 Å². The number of nitrogens with zero attached hydrogens (tertiary/aromatic N) is 1. The molecule has 2 amide bonds. The van der Waals surface area contributed by atoms with Crippen LogP contribution in [0.25, 0.3) is 0 Å². The highest BCUT2D eigenvalue weighted by Crippen LogP contribution is 2.39. The molecule has 1 aliphatic heterocycles. The third-order valence-corrected chi connectivity index (χ3v) is 5.42. The monoisotopic (exact) mass is 362 g/mol. The molecule has 0 spiro atoms.